The summed E-state index contributed by atoms with van der Waals surface area (Å²) in [6, 6.07) is 4.68. The summed E-state index contributed by atoms with van der Waals surface area (Å²) >= 11 is 0. The normalized spacial score (nSPS) is 18.2. The topological polar surface area (TPSA) is 69.9 Å². The van der Waals surface area contributed by atoms with Crippen LogP contribution in [0.25, 0.3) is 0 Å². The Morgan fingerprint density at radius 2 is 1.94 bits per heavy atom. The number of fused-ring (bicyclic) bond motifs is 1. The number of benzene rings is 1. The van der Waals surface area contributed by atoms with Gasteiger partial charge in [-0.15, -0.1) is 0 Å². The second kappa shape index (κ2) is 3.27. The van der Waals surface area contributed by atoms with Crippen LogP contribution in [-0.2, 0) is 9.98 Å². The second-order valence-electron chi connectivity index (χ2n) is 4.57. The molecule has 16 heavy (non-hydrogen) atoms. The van der Waals surface area contributed by atoms with Crippen molar-refractivity contribution in [2.45, 2.75) is 26.2 Å². The first-order chi connectivity index (χ1) is 7.23. The molecule has 4 nitrogen and oxygen atoms in total. The number of hydrogen-bond acceptors (Lipinski definition) is 2. The first kappa shape index (κ1) is 11.5. The maximum atomic E-state index is 11.2. The number of rotatable bonds is 1. The minimum atomic E-state index is -4.18. The SMILES string of the molecule is CC1=Nc2ccc(P(=O)(O)O)cc2C1(C)C. The molecule has 0 saturated heterocycles. The van der Waals surface area contributed by atoms with E-state index in [0.29, 0.717) is 0 Å². The Hall–Kier alpha value is -0.960. The zero-order chi connectivity index (χ0) is 12.1. The molecule has 0 spiro atoms. The summed E-state index contributed by atoms with van der Waals surface area (Å²) in [5.74, 6) is 0. The van der Waals surface area contributed by atoms with E-state index in [1.54, 1.807) is 12.1 Å². The van der Waals surface area contributed by atoms with E-state index in [-0.39, 0.29) is 10.7 Å². The number of nitrogens with zero attached hydrogens (tertiary/aromatic N) is 1. The standard InChI is InChI=1S/C11H14NO3P/c1-7-11(2,3)9-6-8(16(13,14)15)4-5-10(9)12-7/h4-6H,1-3H3,(H2,13,14,15). The molecule has 2 N–H and O–H groups in total. The van der Waals surface area contributed by atoms with Crippen LogP contribution < -0.4 is 5.30 Å². The van der Waals surface area contributed by atoms with Gasteiger partial charge in [0, 0.05) is 11.1 Å². The summed E-state index contributed by atoms with van der Waals surface area (Å²) in [6.45, 7) is 5.93. The molecule has 0 atom stereocenters. The van der Waals surface area contributed by atoms with Gasteiger partial charge in [0.2, 0.25) is 0 Å². The van der Waals surface area contributed by atoms with Gasteiger partial charge in [0.05, 0.1) is 11.0 Å². The highest BCUT2D eigenvalue weighted by Crippen LogP contribution is 2.42. The number of hydrogen-bond donors (Lipinski definition) is 2. The van der Waals surface area contributed by atoms with Gasteiger partial charge in [0.1, 0.15) is 0 Å². The molecule has 0 fully saturated rings. The largest absolute Gasteiger partial charge is 0.356 e. The lowest BCUT2D eigenvalue weighted by Crippen LogP contribution is -2.23. The van der Waals surface area contributed by atoms with Crippen molar-refractivity contribution in [1.82, 2.24) is 0 Å². The third-order valence-corrected chi connectivity index (χ3v) is 4.13. The van der Waals surface area contributed by atoms with Gasteiger partial charge in [-0.3, -0.25) is 9.56 Å². The van der Waals surface area contributed by atoms with E-state index in [0.717, 1.165) is 17.0 Å². The van der Waals surface area contributed by atoms with Gasteiger partial charge in [0.25, 0.3) is 0 Å². The molecule has 1 aromatic rings. The summed E-state index contributed by atoms with van der Waals surface area (Å²) in [5.41, 5.74) is 2.40. The van der Waals surface area contributed by atoms with Gasteiger partial charge in [-0.05, 0) is 30.7 Å². The van der Waals surface area contributed by atoms with E-state index in [9.17, 15) is 4.57 Å². The van der Waals surface area contributed by atoms with Gasteiger partial charge < -0.3 is 9.79 Å². The highest BCUT2D eigenvalue weighted by molar-refractivity contribution is 7.60. The summed E-state index contributed by atoms with van der Waals surface area (Å²) in [4.78, 5) is 22.7. The fourth-order valence-corrected chi connectivity index (χ4v) is 2.38. The molecule has 0 radical (unpaired) electrons. The lowest BCUT2D eigenvalue weighted by atomic mass is 9.82. The molecule has 0 unspecified atom stereocenters. The first-order valence-corrected chi connectivity index (χ1v) is 6.60. The maximum absolute atomic E-state index is 11.2. The van der Waals surface area contributed by atoms with Crippen molar-refractivity contribution in [3.05, 3.63) is 23.8 Å². The summed E-state index contributed by atoms with van der Waals surface area (Å²) in [7, 11) is -4.18. The molecular formula is C11H14NO3P. The third kappa shape index (κ3) is 1.63. The Bertz CT molecular complexity index is 528. The van der Waals surface area contributed by atoms with E-state index >= 15 is 0 Å². The molecule has 1 aliphatic rings. The van der Waals surface area contributed by atoms with E-state index in [1.165, 1.54) is 6.07 Å². The summed E-state index contributed by atoms with van der Waals surface area (Å²) in [6.07, 6.45) is 0. The van der Waals surface area contributed by atoms with Gasteiger partial charge in [-0.2, -0.15) is 0 Å². The molecule has 0 aliphatic carbocycles. The minimum Gasteiger partial charge on any atom is -0.321 e. The molecule has 0 saturated carbocycles. The van der Waals surface area contributed by atoms with Crippen molar-refractivity contribution in [3.8, 4) is 0 Å². The van der Waals surface area contributed by atoms with Gasteiger partial charge in [-0.25, -0.2) is 0 Å². The monoisotopic (exact) mass is 239 g/mol. The van der Waals surface area contributed by atoms with E-state index in [2.05, 4.69) is 4.99 Å². The van der Waals surface area contributed by atoms with Crippen molar-refractivity contribution < 1.29 is 14.4 Å². The van der Waals surface area contributed by atoms with E-state index < -0.39 is 7.60 Å². The van der Waals surface area contributed by atoms with Crippen LogP contribution in [0, 0.1) is 0 Å². The molecule has 0 amide bonds. The maximum Gasteiger partial charge on any atom is 0.356 e. The molecule has 5 heteroatoms. The molecule has 0 aromatic heterocycles. The van der Waals surface area contributed by atoms with Crippen molar-refractivity contribution in [1.29, 1.82) is 0 Å². The summed E-state index contributed by atoms with van der Waals surface area (Å²) < 4.78 is 11.2. The van der Waals surface area contributed by atoms with Crippen LogP contribution >= 0.6 is 7.60 Å². The Morgan fingerprint density at radius 1 is 1.31 bits per heavy atom. The molecule has 0 bridgehead atoms. The zero-order valence-corrected chi connectivity index (χ0v) is 10.3. The molecule has 1 heterocycles. The fraction of sp³-hybridized carbons (Fsp3) is 0.364. The lowest BCUT2D eigenvalue weighted by Gasteiger charge is -2.20. The molecule has 1 aromatic carbocycles. The van der Waals surface area contributed by atoms with Crippen LogP contribution in [0.15, 0.2) is 23.2 Å². The molecule has 86 valence electrons. The quantitative estimate of drug-likeness (QED) is 0.735. The van der Waals surface area contributed by atoms with Gasteiger partial charge >= 0.3 is 7.60 Å². The Labute approximate surface area is 94.2 Å². The van der Waals surface area contributed by atoms with Crippen LogP contribution in [0.5, 0.6) is 0 Å². The van der Waals surface area contributed by atoms with Crippen LogP contribution in [0.4, 0.5) is 5.69 Å². The lowest BCUT2D eigenvalue weighted by molar-refractivity contribution is 0.387. The van der Waals surface area contributed by atoms with Crippen LogP contribution in [-0.4, -0.2) is 15.5 Å². The van der Waals surface area contributed by atoms with Crippen molar-refractivity contribution in [3.63, 3.8) is 0 Å². The predicted molar refractivity (Wildman–Crippen MR) is 63.9 cm³/mol. The van der Waals surface area contributed by atoms with Crippen molar-refractivity contribution >= 4 is 24.3 Å². The molecule has 1 aliphatic heterocycles. The Morgan fingerprint density at radius 3 is 2.50 bits per heavy atom. The molecular weight excluding hydrogens is 225 g/mol. The second-order valence-corrected chi connectivity index (χ2v) is 6.17. The first-order valence-electron chi connectivity index (χ1n) is 4.99. The number of aliphatic imine (C=N–C) groups is 1. The van der Waals surface area contributed by atoms with Crippen molar-refractivity contribution in [2.24, 2.45) is 4.99 Å². The highest BCUT2D eigenvalue weighted by Gasteiger charge is 2.33. The van der Waals surface area contributed by atoms with Crippen LogP contribution in [0.1, 0.15) is 26.3 Å². The van der Waals surface area contributed by atoms with Gasteiger partial charge in [0.15, 0.2) is 0 Å². The van der Waals surface area contributed by atoms with Crippen LogP contribution in [0.3, 0.4) is 0 Å². The Balaban J connectivity index is 2.61. The zero-order valence-electron chi connectivity index (χ0n) is 9.43. The third-order valence-electron chi connectivity index (χ3n) is 3.18. The average Bonchev–Trinajstić information content (AvgIpc) is 2.37. The van der Waals surface area contributed by atoms with E-state index in [4.69, 9.17) is 9.79 Å². The highest BCUT2D eigenvalue weighted by atomic mass is 31.2. The average molecular weight is 239 g/mol. The van der Waals surface area contributed by atoms with Crippen LogP contribution in [0.2, 0.25) is 0 Å². The smallest absolute Gasteiger partial charge is 0.321 e. The Kier molecular flexibility index (Phi) is 2.35. The van der Waals surface area contributed by atoms with Gasteiger partial charge in [-0.1, -0.05) is 13.8 Å². The predicted octanol–water partition coefficient (Wildman–Crippen LogP) is 1.87. The minimum absolute atomic E-state index is 0.0595. The van der Waals surface area contributed by atoms with Crippen molar-refractivity contribution in [2.75, 3.05) is 0 Å². The van der Waals surface area contributed by atoms with E-state index in [1.807, 2.05) is 20.8 Å². The summed E-state index contributed by atoms with van der Waals surface area (Å²) in [5, 5.41) is 0.0595. The molecule has 2 rings (SSSR count). The fourth-order valence-electron chi connectivity index (χ4n) is 1.82.